The van der Waals surface area contributed by atoms with E-state index < -0.39 is 47.8 Å². The number of nitrogens with two attached hydrogens (primary N) is 1. The molecule has 0 radical (unpaired) electrons. The normalized spacial score (nSPS) is 15.8. The minimum absolute atomic E-state index is 0.0191. The molecule has 4 rings (SSSR count). The highest BCUT2D eigenvalue weighted by atomic mass is 16.4. The SMILES string of the molecule is Cc1cccc(NC(=O)N2Cc3[nH]c4ccccc4c3C[C@@H]2C(=O)N[C@@H](CC(C)C)C(=O)N[C@@H](CCC(=O)O)C(N)=O)c1. The highest BCUT2D eigenvalue weighted by Gasteiger charge is 2.38. The van der Waals surface area contributed by atoms with Gasteiger partial charge in [-0.15, -0.1) is 0 Å². The van der Waals surface area contributed by atoms with Crippen LogP contribution in [-0.4, -0.2) is 62.8 Å². The van der Waals surface area contributed by atoms with Crippen LogP contribution in [0.3, 0.4) is 0 Å². The molecule has 0 fully saturated rings. The van der Waals surface area contributed by atoms with Crippen LogP contribution in [-0.2, 0) is 32.1 Å². The Morgan fingerprint density at radius 1 is 1.05 bits per heavy atom. The van der Waals surface area contributed by atoms with Gasteiger partial charge in [0, 0.05) is 35.1 Å². The number of carboxylic acids is 1. The van der Waals surface area contributed by atoms with Crippen molar-refractivity contribution in [2.75, 3.05) is 5.32 Å². The number of carboxylic acid groups (broad SMARTS) is 1. The summed E-state index contributed by atoms with van der Waals surface area (Å²) in [6.45, 7) is 5.80. The van der Waals surface area contributed by atoms with E-state index in [1.165, 1.54) is 4.90 Å². The highest BCUT2D eigenvalue weighted by Crippen LogP contribution is 2.31. The van der Waals surface area contributed by atoms with Crippen LogP contribution >= 0.6 is 0 Å². The van der Waals surface area contributed by atoms with Crippen LogP contribution in [0.15, 0.2) is 48.5 Å². The van der Waals surface area contributed by atoms with E-state index in [0.29, 0.717) is 5.69 Å². The highest BCUT2D eigenvalue weighted by molar-refractivity contribution is 5.97. The van der Waals surface area contributed by atoms with E-state index >= 15 is 0 Å². The number of H-pyrrole nitrogens is 1. The molecule has 2 heterocycles. The molecular formula is C31H38N6O6. The molecule has 2 aromatic carbocycles. The van der Waals surface area contributed by atoms with E-state index in [1.54, 1.807) is 6.07 Å². The predicted octanol–water partition coefficient (Wildman–Crippen LogP) is 2.80. The van der Waals surface area contributed by atoms with Crippen molar-refractivity contribution in [1.29, 1.82) is 0 Å². The Kier molecular flexibility index (Phi) is 9.69. The maximum atomic E-state index is 13.9. The Hall–Kier alpha value is -4.87. The maximum absolute atomic E-state index is 13.9. The number of benzene rings is 2. The molecule has 1 aliphatic heterocycles. The molecular weight excluding hydrogens is 552 g/mol. The van der Waals surface area contributed by atoms with Gasteiger partial charge in [-0.05, 0) is 55.0 Å². The van der Waals surface area contributed by atoms with Crippen molar-refractivity contribution in [1.82, 2.24) is 20.5 Å². The van der Waals surface area contributed by atoms with E-state index in [1.807, 2.05) is 63.2 Å². The second-order valence-corrected chi connectivity index (χ2v) is 11.4. The summed E-state index contributed by atoms with van der Waals surface area (Å²) in [5, 5.41) is 18.2. The van der Waals surface area contributed by atoms with Gasteiger partial charge >= 0.3 is 12.0 Å². The quantitative estimate of drug-likeness (QED) is 0.199. The molecule has 1 aromatic heterocycles. The first-order valence-corrected chi connectivity index (χ1v) is 14.3. The van der Waals surface area contributed by atoms with Crippen LogP contribution in [0.2, 0.25) is 0 Å². The van der Waals surface area contributed by atoms with Crippen molar-refractivity contribution in [2.45, 2.75) is 71.1 Å². The van der Waals surface area contributed by atoms with Gasteiger partial charge in [-0.1, -0.05) is 44.2 Å². The largest absolute Gasteiger partial charge is 0.481 e. The van der Waals surface area contributed by atoms with Crippen LogP contribution in [0.1, 0.15) is 49.9 Å². The number of rotatable bonds is 11. The summed E-state index contributed by atoms with van der Waals surface area (Å²) >= 11 is 0. The van der Waals surface area contributed by atoms with Gasteiger partial charge in [-0.25, -0.2) is 4.79 Å². The lowest BCUT2D eigenvalue weighted by Crippen LogP contribution is -2.59. The lowest BCUT2D eigenvalue weighted by molar-refractivity contribution is -0.138. The van der Waals surface area contributed by atoms with Crippen molar-refractivity contribution in [3.05, 3.63) is 65.4 Å². The number of nitrogens with zero attached hydrogens (tertiary/aromatic N) is 1. The predicted molar refractivity (Wildman–Crippen MR) is 161 cm³/mol. The van der Waals surface area contributed by atoms with Crippen molar-refractivity contribution in [3.63, 3.8) is 0 Å². The molecule has 3 atom stereocenters. The fraction of sp³-hybridized carbons (Fsp3) is 0.387. The summed E-state index contributed by atoms with van der Waals surface area (Å²) in [5.74, 6) is -3.21. The van der Waals surface area contributed by atoms with Gasteiger partial charge in [0.15, 0.2) is 0 Å². The van der Waals surface area contributed by atoms with Crippen molar-refractivity contribution in [3.8, 4) is 0 Å². The van der Waals surface area contributed by atoms with Gasteiger partial charge in [0.1, 0.15) is 18.1 Å². The second kappa shape index (κ2) is 13.4. The number of carbonyl (C=O) groups is 5. The maximum Gasteiger partial charge on any atom is 0.322 e. The summed E-state index contributed by atoms with van der Waals surface area (Å²) in [7, 11) is 0. The third kappa shape index (κ3) is 7.70. The van der Waals surface area contributed by atoms with Crippen molar-refractivity contribution in [2.24, 2.45) is 11.7 Å². The minimum atomic E-state index is -1.21. The first kappa shape index (κ1) is 31.1. The number of hydrogen-bond acceptors (Lipinski definition) is 5. The smallest absolute Gasteiger partial charge is 0.322 e. The number of amides is 5. The number of fused-ring (bicyclic) bond motifs is 3. The molecule has 0 bridgehead atoms. The number of carbonyl (C=O) groups excluding carboxylic acids is 4. The summed E-state index contributed by atoms with van der Waals surface area (Å²) in [6.07, 6.45) is -0.0970. The van der Waals surface area contributed by atoms with E-state index in [4.69, 9.17) is 10.8 Å². The minimum Gasteiger partial charge on any atom is -0.481 e. The molecule has 0 saturated carbocycles. The van der Waals surface area contributed by atoms with E-state index in [0.717, 1.165) is 27.7 Å². The summed E-state index contributed by atoms with van der Waals surface area (Å²) in [5.41, 5.74) is 9.59. The molecule has 228 valence electrons. The lowest BCUT2D eigenvalue weighted by Gasteiger charge is -2.35. The first-order valence-electron chi connectivity index (χ1n) is 14.3. The number of para-hydroxylation sites is 1. The number of aromatic nitrogens is 1. The fourth-order valence-electron chi connectivity index (χ4n) is 5.37. The number of aromatic amines is 1. The van der Waals surface area contributed by atoms with E-state index in [-0.39, 0.29) is 38.1 Å². The molecule has 0 aliphatic carbocycles. The van der Waals surface area contributed by atoms with Crippen molar-refractivity contribution >= 4 is 46.3 Å². The zero-order chi connectivity index (χ0) is 31.3. The molecule has 5 amide bonds. The number of aliphatic carboxylic acids is 1. The summed E-state index contributed by atoms with van der Waals surface area (Å²) < 4.78 is 0. The molecule has 7 N–H and O–H groups in total. The third-order valence-electron chi connectivity index (χ3n) is 7.48. The monoisotopic (exact) mass is 590 g/mol. The van der Waals surface area contributed by atoms with Gasteiger partial charge in [0.25, 0.3) is 0 Å². The number of aryl methyl sites for hydroxylation is 1. The van der Waals surface area contributed by atoms with Crippen LogP contribution < -0.4 is 21.7 Å². The van der Waals surface area contributed by atoms with Crippen LogP contribution in [0.5, 0.6) is 0 Å². The zero-order valence-electron chi connectivity index (χ0n) is 24.5. The zero-order valence-corrected chi connectivity index (χ0v) is 24.5. The van der Waals surface area contributed by atoms with Gasteiger partial charge in [-0.2, -0.15) is 0 Å². The Bertz CT molecular complexity index is 1530. The molecule has 43 heavy (non-hydrogen) atoms. The molecule has 0 unspecified atom stereocenters. The Labute approximate surface area is 249 Å². The fourth-order valence-corrected chi connectivity index (χ4v) is 5.37. The molecule has 1 aliphatic rings. The average molecular weight is 591 g/mol. The Balaban J connectivity index is 1.60. The van der Waals surface area contributed by atoms with E-state index in [9.17, 15) is 24.0 Å². The van der Waals surface area contributed by atoms with Gasteiger partial charge in [0.05, 0.1) is 6.54 Å². The molecule has 0 spiro atoms. The number of anilines is 1. The van der Waals surface area contributed by atoms with Crippen molar-refractivity contribution < 1.29 is 29.1 Å². The van der Waals surface area contributed by atoms with Crippen LogP contribution in [0, 0.1) is 12.8 Å². The molecule has 12 nitrogen and oxygen atoms in total. The first-order chi connectivity index (χ1) is 20.4. The van der Waals surface area contributed by atoms with Gasteiger partial charge in [0.2, 0.25) is 17.7 Å². The number of urea groups is 1. The van der Waals surface area contributed by atoms with Crippen LogP contribution in [0.25, 0.3) is 10.9 Å². The number of hydrogen-bond donors (Lipinski definition) is 6. The lowest BCUT2D eigenvalue weighted by atomic mass is 9.95. The Morgan fingerprint density at radius 2 is 1.79 bits per heavy atom. The second-order valence-electron chi connectivity index (χ2n) is 11.4. The molecule has 0 saturated heterocycles. The Morgan fingerprint density at radius 3 is 2.47 bits per heavy atom. The number of nitrogens with one attached hydrogen (secondary N) is 4. The topological polar surface area (TPSA) is 187 Å². The number of primary amides is 1. The third-order valence-corrected chi connectivity index (χ3v) is 7.48. The average Bonchev–Trinajstić information content (AvgIpc) is 3.31. The van der Waals surface area contributed by atoms with Gasteiger partial charge < -0.3 is 36.7 Å². The molecule has 3 aromatic rings. The van der Waals surface area contributed by atoms with Gasteiger partial charge in [-0.3, -0.25) is 19.2 Å². The molecule has 12 heteroatoms. The van der Waals surface area contributed by atoms with E-state index in [2.05, 4.69) is 20.9 Å². The standard InChI is InChI=1S/C31H38N6O6/c1-17(2)13-24(29(41)35-23(28(32)40)11-12-27(38)39)36-30(42)26-15-21-20-9-4-5-10-22(20)34-25(21)16-37(26)31(43)33-19-8-6-7-18(3)14-19/h4-10,14,17,23-24,26,34H,11-13,15-16H2,1-3H3,(H2,32,40)(H,33,43)(H,35,41)(H,36,42)(H,38,39)/t23-,24-,26+/m0/s1. The van der Waals surface area contributed by atoms with Crippen LogP contribution in [0.4, 0.5) is 10.5 Å². The summed E-state index contributed by atoms with van der Waals surface area (Å²) in [4.78, 5) is 68.6. The summed E-state index contributed by atoms with van der Waals surface area (Å²) in [6, 6.07) is 11.3.